The van der Waals surface area contributed by atoms with Crippen LogP contribution >= 0.6 is 0 Å². The highest BCUT2D eigenvalue weighted by Crippen LogP contribution is 2.17. The number of nitrogens with one attached hydrogen (secondary N) is 1. The molecule has 0 amide bonds. The zero-order valence-electron chi connectivity index (χ0n) is 11.8. The minimum absolute atomic E-state index is 0.0638. The van der Waals surface area contributed by atoms with Gasteiger partial charge in [0.15, 0.2) is 9.84 Å². The van der Waals surface area contributed by atoms with Crippen molar-refractivity contribution in [3.05, 3.63) is 17.7 Å². The lowest BCUT2D eigenvalue weighted by molar-refractivity contribution is 0.0697. The van der Waals surface area contributed by atoms with Crippen LogP contribution in [-0.4, -0.2) is 50.2 Å². The number of hydrogen-bond donors (Lipinski definition) is 2. The number of aromatic nitrogens is 1. The second kappa shape index (κ2) is 6.56. The zero-order chi connectivity index (χ0) is 15.3. The maximum Gasteiger partial charge on any atom is 0.335 e. The van der Waals surface area contributed by atoms with Gasteiger partial charge >= 0.3 is 5.97 Å². The van der Waals surface area contributed by atoms with E-state index in [1.807, 2.05) is 11.8 Å². The van der Waals surface area contributed by atoms with E-state index in [2.05, 4.69) is 10.3 Å². The third-order valence-corrected chi connectivity index (χ3v) is 3.19. The summed E-state index contributed by atoms with van der Waals surface area (Å²) in [6.45, 7) is 2.72. The minimum Gasteiger partial charge on any atom is -0.478 e. The highest BCUT2D eigenvalue weighted by Gasteiger charge is 2.12. The first kappa shape index (κ1) is 16.2. The molecule has 0 fully saturated rings. The predicted octanol–water partition coefficient (Wildman–Crippen LogP) is 1.04. The van der Waals surface area contributed by atoms with Gasteiger partial charge < -0.3 is 15.3 Å². The van der Waals surface area contributed by atoms with Crippen molar-refractivity contribution < 1.29 is 18.3 Å². The van der Waals surface area contributed by atoms with E-state index in [0.717, 1.165) is 19.2 Å². The van der Waals surface area contributed by atoms with Crippen LogP contribution in [0.4, 0.5) is 11.6 Å². The Bertz CT molecular complexity index is 586. The minimum atomic E-state index is -3.21. The van der Waals surface area contributed by atoms with Crippen molar-refractivity contribution in [2.75, 3.05) is 35.9 Å². The monoisotopic (exact) mass is 301 g/mol. The second-order valence-corrected chi connectivity index (χ2v) is 6.71. The molecule has 1 rings (SSSR count). The lowest BCUT2D eigenvalue weighted by Crippen LogP contribution is -2.21. The standard InChI is InChI=1S/C12H19N3O4S/c1-4-5-15(2)11-7-9(12(16)17)6-10(14-11)13-8-20(3,18)19/h6-7H,4-5,8H2,1-3H3,(H,13,14)(H,16,17). The van der Waals surface area contributed by atoms with E-state index in [9.17, 15) is 13.2 Å². The van der Waals surface area contributed by atoms with Crippen LogP contribution in [0.5, 0.6) is 0 Å². The molecule has 2 N–H and O–H groups in total. The fraction of sp³-hybridized carbons (Fsp3) is 0.500. The SMILES string of the molecule is CCCN(C)c1cc(C(=O)O)cc(NCS(C)(=O)=O)n1. The van der Waals surface area contributed by atoms with Crippen molar-refractivity contribution in [2.45, 2.75) is 13.3 Å². The van der Waals surface area contributed by atoms with Crippen molar-refractivity contribution in [1.82, 2.24) is 4.98 Å². The van der Waals surface area contributed by atoms with Crippen molar-refractivity contribution >= 4 is 27.4 Å². The van der Waals surface area contributed by atoms with Gasteiger partial charge in [-0.05, 0) is 18.6 Å². The number of hydrogen-bond acceptors (Lipinski definition) is 6. The summed E-state index contributed by atoms with van der Waals surface area (Å²) < 4.78 is 22.3. The molecule has 0 aliphatic carbocycles. The highest BCUT2D eigenvalue weighted by molar-refractivity contribution is 7.90. The van der Waals surface area contributed by atoms with Gasteiger partial charge in [-0.15, -0.1) is 0 Å². The Morgan fingerprint density at radius 3 is 2.60 bits per heavy atom. The number of aromatic carboxylic acids is 1. The van der Waals surface area contributed by atoms with Gasteiger partial charge in [0, 0.05) is 19.8 Å². The summed E-state index contributed by atoms with van der Waals surface area (Å²) in [5.74, 6) is -0.656. The summed E-state index contributed by atoms with van der Waals surface area (Å²) in [4.78, 5) is 17.1. The van der Waals surface area contributed by atoms with Gasteiger partial charge in [-0.3, -0.25) is 0 Å². The molecule has 0 unspecified atom stereocenters. The summed E-state index contributed by atoms with van der Waals surface area (Å²) in [6.07, 6.45) is 1.98. The first-order valence-electron chi connectivity index (χ1n) is 6.11. The fourth-order valence-electron chi connectivity index (χ4n) is 1.58. The quantitative estimate of drug-likeness (QED) is 0.776. The molecule has 0 aromatic carbocycles. The molecule has 0 aliphatic heterocycles. The highest BCUT2D eigenvalue weighted by atomic mass is 32.2. The molecule has 0 atom stereocenters. The molecule has 0 spiro atoms. The number of sulfone groups is 1. The van der Waals surface area contributed by atoms with Gasteiger partial charge in [0.05, 0.1) is 5.56 Å². The molecule has 0 aliphatic rings. The molecule has 0 bridgehead atoms. The lowest BCUT2D eigenvalue weighted by Gasteiger charge is -2.18. The summed E-state index contributed by atoms with van der Waals surface area (Å²) in [7, 11) is -1.41. The van der Waals surface area contributed by atoms with Crippen molar-refractivity contribution in [3.8, 4) is 0 Å². The molecule has 1 aromatic rings. The number of nitrogens with zero attached hydrogens (tertiary/aromatic N) is 2. The van der Waals surface area contributed by atoms with Crippen LogP contribution in [0.1, 0.15) is 23.7 Å². The maximum atomic E-state index is 11.1. The van der Waals surface area contributed by atoms with E-state index in [-0.39, 0.29) is 17.3 Å². The summed E-state index contributed by atoms with van der Waals surface area (Å²) in [5.41, 5.74) is 0.0638. The van der Waals surface area contributed by atoms with E-state index in [0.29, 0.717) is 5.82 Å². The van der Waals surface area contributed by atoms with E-state index in [4.69, 9.17) is 5.11 Å². The molecule has 7 nitrogen and oxygen atoms in total. The average Bonchev–Trinajstić information content (AvgIpc) is 2.35. The number of carboxylic acid groups (broad SMARTS) is 1. The second-order valence-electron chi connectivity index (χ2n) is 4.57. The normalized spacial score (nSPS) is 11.2. The van der Waals surface area contributed by atoms with Crippen molar-refractivity contribution in [1.29, 1.82) is 0 Å². The van der Waals surface area contributed by atoms with Gasteiger partial charge in [0.25, 0.3) is 0 Å². The van der Waals surface area contributed by atoms with Gasteiger partial charge in [-0.25, -0.2) is 18.2 Å². The molecule has 112 valence electrons. The van der Waals surface area contributed by atoms with Crippen molar-refractivity contribution in [3.63, 3.8) is 0 Å². The number of carbonyl (C=O) groups is 1. The van der Waals surface area contributed by atoms with Crippen molar-refractivity contribution in [2.24, 2.45) is 0 Å². The summed E-state index contributed by atoms with van der Waals surface area (Å²) in [5, 5.41) is 11.7. The Labute approximate surface area is 118 Å². The molecular weight excluding hydrogens is 282 g/mol. The Morgan fingerprint density at radius 1 is 1.45 bits per heavy atom. The van der Waals surface area contributed by atoms with E-state index < -0.39 is 15.8 Å². The smallest absolute Gasteiger partial charge is 0.335 e. The first-order valence-corrected chi connectivity index (χ1v) is 8.17. The topological polar surface area (TPSA) is 99.6 Å². The molecule has 1 aromatic heterocycles. The number of carboxylic acids is 1. The molecule has 0 saturated carbocycles. The van der Waals surface area contributed by atoms with Gasteiger partial charge in [-0.1, -0.05) is 6.92 Å². The summed E-state index contributed by atoms with van der Waals surface area (Å²) >= 11 is 0. The molecule has 0 radical (unpaired) electrons. The van der Waals surface area contributed by atoms with Crippen LogP contribution in [0.2, 0.25) is 0 Å². The Balaban J connectivity index is 3.07. The van der Waals surface area contributed by atoms with Crippen LogP contribution in [0, 0.1) is 0 Å². The average molecular weight is 301 g/mol. The summed E-state index contributed by atoms with van der Waals surface area (Å²) in [6, 6.07) is 2.78. The molecule has 20 heavy (non-hydrogen) atoms. The van der Waals surface area contributed by atoms with Gasteiger partial charge in [-0.2, -0.15) is 0 Å². The predicted molar refractivity (Wildman–Crippen MR) is 78.1 cm³/mol. The number of anilines is 2. The van der Waals surface area contributed by atoms with Gasteiger partial charge in [0.2, 0.25) is 0 Å². The fourth-order valence-corrected chi connectivity index (χ4v) is 1.99. The van der Waals surface area contributed by atoms with Gasteiger partial charge in [0.1, 0.15) is 17.5 Å². The molecule has 0 saturated heterocycles. The maximum absolute atomic E-state index is 11.1. The first-order chi connectivity index (χ1) is 9.23. The molecular formula is C12H19N3O4S. The van der Waals surface area contributed by atoms with Crippen LogP contribution in [0.15, 0.2) is 12.1 Å². The molecule has 8 heteroatoms. The number of pyridine rings is 1. The Hall–Kier alpha value is -1.83. The van der Waals surface area contributed by atoms with Crippen LogP contribution in [-0.2, 0) is 9.84 Å². The van der Waals surface area contributed by atoms with Crippen LogP contribution < -0.4 is 10.2 Å². The lowest BCUT2D eigenvalue weighted by atomic mass is 10.2. The van der Waals surface area contributed by atoms with Crippen LogP contribution in [0.3, 0.4) is 0 Å². The largest absolute Gasteiger partial charge is 0.478 e. The van der Waals surface area contributed by atoms with E-state index in [1.165, 1.54) is 12.1 Å². The third-order valence-electron chi connectivity index (χ3n) is 2.52. The third kappa shape index (κ3) is 5.04. The molecule has 1 heterocycles. The van der Waals surface area contributed by atoms with Crippen LogP contribution in [0.25, 0.3) is 0 Å². The van der Waals surface area contributed by atoms with E-state index in [1.54, 1.807) is 7.05 Å². The zero-order valence-corrected chi connectivity index (χ0v) is 12.6. The number of rotatable bonds is 7. The van der Waals surface area contributed by atoms with E-state index >= 15 is 0 Å². The Morgan fingerprint density at radius 2 is 2.10 bits per heavy atom. The Kier molecular flexibility index (Phi) is 5.32.